The molecule has 1 aromatic rings. The summed E-state index contributed by atoms with van der Waals surface area (Å²) in [6, 6.07) is 5.63. The number of aliphatic carboxylic acids is 1. The number of hydrogen-bond acceptors (Lipinski definition) is 3. The summed E-state index contributed by atoms with van der Waals surface area (Å²) in [5, 5.41) is 12.0. The molecule has 0 aliphatic carbocycles. The van der Waals surface area contributed by atoms with Crippen molar-refractivity contribution >= 4 is 17.7 Å². The maximum Gasteiger partial charge on any atom is 0.321 e. The van der Waals surface area contributed by atoms with Gasteiger partial charge in [0.25, 0.3) is 0 Å². The van der Waals surface area contributed by atoms with Crippen molar-refractivity contribution in [2.75, 3.05) is 5.75 Å². The first-order valence-electron chi connectivity index (χ1n) is 5.36. The predicted octanol–water partition coefficient (Wildman–Crippen LogP) is 2.37. The van der Waals surface area contributed by atoms with E-state index in [1.165, 1.54) is 23.9 Å². The Morgan fingerprint density at radius 1 is 1.53 bits per heavy atom. The Balaban J connectivity index is 2.54. The van der Waals surface area contributed by atoms with Gasteiger partial charge in [-0.3, -0.25) is 4.79 Å². The first kappa shape index (κ1) is 14.0. The Kier molecular flexibility index (Phi) is 5.44. The van der Waals surface area contributed by atoms with Gasteiger partial charge in [-0.05, 0) is 18.2 Å². The minimum atomic E-state index is -0.886. The number of nitrogens with one attached hydrogen (secondary N) is 1. The van der Waals surface area contributed by atoms with Gasteiger partial charge in [-0.15, -0.1) is 11.8 Å². The molecule has 0 heterocycles. The Labute approximate surface area is 104 Å². The summed E-state index contributed by atoms with van der Waals surface area (Å²) in [4.78, 5) is 11.7. The molecular formula is C12H16FNO2S. The van der Waals surface area contributed by atoms with E-state index in [1.807, 2.05) is 13.8 Å². The first-order valence-corrected chi connectivity index (χ1v) is 6.35. The maximum absolute atomic E-state index is 12.9. The number of carboxylic acids is 1. The van der Waals surface area contributed by atoms with Gasteiger partial charge in [0.05, 0.1) is 0 Å². The number of benzene rings is 1. The lowest BCUT2D eigenvalue weighted by molar-refractivity contribution is -0.139. The highest BCUT2D eigenvalue weighted by Gasteiger charge is 2.18. The van der Waals surface area contributed by atoms with Crippen LogP contribution >= 0.6 is 11.8 Å². The number of carboxylic acid groups (broad SMARTS) is 1. The van der Waals surface area contributed by atoms with E-state index in [4.69, 9.17) is 5.11 Å². The van der Waals surface area contributed by atoms with E-state index < -0.39 is 12.0 Å². The van der Waals surface area contributed by atoms with Gasteiger partial charge in [-0.1, -0.05) is 19.9 Å². The molecule has 0 radical (unpaired) electrons. The highest BCUT2D eigenvalue weighted by Crippen LogP contribution is 2.19. The van der Waals surface area contributed by atoms with Gasteiger partial charge in [0.2, 0.25) is 0 Å². The second-order valence-corrected chi connectivity index (χ2v) is 5.07. The second-order valence-electron chi connectivity index (χ2n) is 3.98. The summed E-state index contributed by atoms with van der Waals surface area (Å²) in [6.07, 6.45) is 0. The summed E-state index contributed by atoms with van der Waals surface area (Å²) >= 11 is 1.33. The highest BCUT2D eigenvalue weighted by molar-refractivity contribution is 7.99. The van der Waals surface area contributed by atoms with Gasteiger partial charge in [0.15, 0.2) is 0 Å². The molecule has 1 rings (SSSR count). The lowest BCUT2D eigenvalue weighted by Crippen LogP contribution is -2.42. The van der Waals surface area contributed by atoms with E-state index in [2.05, 4.69) is 5.32 Å². The quantitative estimate of drug-likeness (QED) is 0.768. The standard InChI is InChI=1S/C12H16FNO2S/c1-8(2)14-11(12(15)16)7-17-10-5-3-4-9(13)6-10/h3-6,8,11,14H,7H2,1-2H3,(H,15,16). The lowest BCUT2D eigenvalue weighted by atomic mass is 10.3. The second kappa shape index (κ2) is 6.61. The summed E-state index contributed by atoms with van der Waals surface area (Å²) < 4.78 is 12.9. The van der Waals surface area contributed by atoms with Crippen molar-refractivity contribution < 1.29 is 14.3 Å². The van der Waals surface area contributed by atoms with E-state index in [9.17, 15) is 9.18 Å². The van der Waals surface area contributed by atoms with E-state index in [1.54, 1.807) is 12.1 Å². The molecule has 0 aliphatic rings. The summed E-state index contributed by atoms with van der Waals surface area (Å²) in [5.41, 5.74) is 0. The smallest absolute Gasteiger partial charge is 0.321 e. The van der Waals surface area contributed by atoms with Crippen LogP contribution in [-0.4, -0.2) is 28.9 Å². The van der Waals surface area contributed by atoms with Crippen LogP contribution in [0.5, 0.6) is 0 Å². The maximum atomic E-state index is 12.9. The zero-order valence-corrected chi connectivity index (χ0v) is 10.6. The Morgan fingerprint density at radius 2 is 2.24 bits per heavy atom. The average molecular weight is 257 g/mol. The van der Waals surface area contributed by atoms with Gasteiger partial charge < -0.3 is 10.4 Å². The summed E-state index contributed by atoms with van der Waals surface area (Å²) in [5.74, 6) is -0.821. The molecule has 0 spiro atoms. The van der Waals surface area contributed by atoms with Gasteiger partial charge >= 0.3 is 5.97 Å². The molecule has 0 aliphatic heterocycles. The largest absolute Gasteiger partial charge is 0.480 e. The first-order chi connectivity index (χ1) is 7.99. The molecule has 0 aromatic heterocycles. The third-order valence-electron chi connectivity index (χ3n) is 2.05. The lowest BCUT2D eigenvalue weighted by Gasteiger charge is -2.16. The molecule has 94 valence electrons. The van der Waals surface area contributed by atoms with Crippen LogP contribution in [0.15, 0.2) is 29.2 Å². The van der Waals surface area contributed by atoms with E-state index in [0.717, 1.165) is 4.90 Å². The summed E-state index contributed by atoms with van der Waals surface area (Å²) in [7, 11) is 0. The fourth-order valence-electron chi connectivity index (χ4n) is 1.33. The molecule has 1 unspecified atom stereocenters. The van der Waals surface area contributed by atoms with Crippen molar-refractivity contribution in [3.8, 4) is 0 Å². The van der Waals surface area contributed by atoms with Crippen molar-refractivity contribution in [3.63, 3.8) is 0 Å². The molecular weight excluding hydrogens is 241 g/mol. The van der Waals surface area contributed by atoms with Crippen molar-refractivity contribution in [1.29, 1.82) is 0 Å². The number of hydrogen-bond donors (Lipinski definition) is 2. The third kappa shape index (κ3) is 5.19. The minimum absolute atomic E-state index is 0.101. The fraction of sp³-hybridized carbons (Fsp3) is 0.417. The molecule has 0 saturated carbocycles. The minimum Gasteiger partial charge on any atom is -0.480 e. The van der Waals surface area contributed by atoms with Gasteiger partial charge in [0, 0.05) is 16.7 Å². The van der Waals surface area contributed by atoms with E-state index in [0.29, 0.717) is 5.75 Å². The molecule has 0 bridgehead atoms. The SMILES string of the molecule is CC(C)NC(CSc1cccc(F)c1)C(=O)O. The molecule has 1 aromatic carbocycles. The summed E-state index contributed by atoms with van der Waals surface area (Å²) in [6.45, 7) is 3.78. The van der Waals surface area contributed by atoms with Gasteiger partial charge in [-0.2, -0.15) is 0 Å². The molecule has 0 amide bonds. The third-order valence-corrected chi connectivity index (χ3v) is 3.13. The van der Waals surface area contributed by atoms with E-state index >= 15 is 0 Å². The monoisotopic (exact) mass is 257 g/mol. The molecule has 2 N–H and O–H groups in total. The molecule has 17 heavy (non-hydrogen) atoms. The van der Waals surface area contributed by atoms with Crippen molar-refractivity contribution in [2.45, 2.75) is 30.8 Å². The van der Waals surface area contributed by atoms with Crippen LogP contribution in [0.3, 0.4) is 0 Å². The molecule has 3 nitrogen and oxygen atoms in total. The van der Waals surface area contributed by atoms with E-state index in [-0.39, 0.29) is 11.9 Å². The van der Waals surface area contributed by atoms with Crippen LogP contribution in [-0.2, 0) is 4.79 Å². The van der Waals surface area contributed by atoms with Crippen LogP contribution in [0, 0.1) is 5.82 Å². The van der Waals surface area contributed by atoms with Crippen LogP contribution < -0.4 is 5.32 Å². The molecule has 0 fully saturated rings. The van der Waals surface area contributed by atoms with Crippen molar-refractivity contribution in [3.05, 3.63) is 30.1 Å². The Morgan fingerprint density at radius 3 is 2.76 bits per heavy atom. The van der Waals surface area contributed by atoms with Gasteiger partial charge in [0.1, 0.15) is 11.9 Å². The number of carbonyl (C=O) groups is 1. The highest BCUT2D eigenvalue weighted by atomic mass is 32.2. The predicted molar refractivity (Wildman–Crippen MR) is 66.8 cm³/mol. The zero-order chi connectivity index (χ0) is 12.8. The Hall–Kier alpha value is -1.07. The molecule has 0 saturated heterocycles. The van der Waals surface area contributed by atoms with Crippen molar-refractivity contribution in [2.24, 2.45) is 0 Å². The topological polar surface area (TPSA) is 49.3 Å². The van der Waals surface area contributed by atoms with Crippen LogP contribution in [0.2, 0.25) is 0 Å². The number of thioether (sulfide) groups is 1. The number of halogens is 1. The average Bonchev–Trinajstić information content (AvgIpc) is 2.23. The molecule has 5 heteroatoms. The Bertz CT molecular complexity index is 385. The van der Waals surface area contributed by atoms with Crippen LogP contribution in [0.4, 0.5) is 4.39 Å². The van der Waals surface area contributed by atoms with Crippen LogP contribution in [0.25, 0.3) is 0 Å². The van der Waals surface area contributed by atoms with Gasteiger partial charge in [-0.25, -0.2) is 4.39 Å². The fourth-order valence-corrected chi connectivity index (χ4v) is 2.30. The normalized spacial score (nSPS) is 12.7. The van der Waals surface area contributed by atoms with Crippen molar-refractivity contribution in [1.82, 2.24) is 5.32 Å². The zero-order valence-electron chi connectivity index (χ0n) is 9.81. The number of rotatable bonds is 6. The molecule has 1 atom stereocenters. The van der Waals surface area contributed by atoms with Crippen LogP contribution in [0.1, 0.15) is 13.8 Å².